The second-order valence-corrected chi connectivity index (χ2v) is 4.50. The maximum absolute atomic E-state index is 13.7. The topological polar surface area (TPSA) is 12.0 Å². The standard InChI is InChI=1S/C13H20FN/c1-9(2)7-13(15-4)11-6-5-10(3)8-12(11)14/h5-6,8-9,13,15H,7H2,1-4H3. The Morgan fingerprint density at radius 2 is 2.00 bits per heavy atom. The first-order valence-corrected chi connectivity index (χ1v) is 5.48. The fourth-order valence-electron chi connectivity index (χ4n) is 1.79. The fourth-order valence-corrected chi connectivity index (χ4v) is 1.79. The second-order valence-electron chi connectivity index (χ2n) is 4.50. The van der Waals surface area contributed by atoms with Gasteiger partial charge in [0, 0.05) is 11.6 Å². The molecular weight excluding hydrogens is 189 g/mol. The van der Waals surface area contributed by atoms with E-state index in [1.807, 2.05) is 26.1 Å². The Labute approximate surface area is 91.7 Å². The Kier molecular flexibility index (Phi) is 4.28. The Morgan fingerprint density at radius 3 is 2.47 bits per heavy atom. The van der Waals surface area contributed by atoms with Gasteiger partial charge in [0.1, 0.15) is 5.82 Å². The molecule has 0 aliphatic rings. The number of nitrogens with one attached hydrogen (secondary N) is 1. The molecule has 1 aromatic rings. The predicted octanol–water partition coefficient (Wildman–Crippen LogP) is 3.44. The van der Waals surface area contributed by atoms with Gasteiger partial charge in [-0.05, 0) is 37.9 Å². The average Bonchev–Trinajstić information content (AvgIpc) is 2.14. The summed E-state index contributed by atoms with van der Waals surface area (Å²) in [7, 11) is 1.88. The van der Waals surface area contributed by atoms with Gasteiger partial charge in [0.15, 0.2) is 0 Å². The van der Waals surface area contributed by atoms with E-state index in [0.29, 0.717) is 5.92 Å². The molecule has 0 radical (unpaired) electrons. The van der Waals surface area contributed by atoms with E-state index in [0.717, 1.165) is 17.5 Å². The molecule has 0 saturated carbocycles. The third-order valence-electron chi connectivity index (χ3n) is 2.59. The van der Waals surface area contributed by atoms with E-state index in [1.165, 1.54) is 0 Å². The molecule has 0 aliphatic carbocycles. The molecule has 1 nitrogen and oxygen atoms in total. The highest BCUT2D eigenvalue weighted by Gasteiger charge is 2.14. The zero-order valence-corrected chi connectivity index (χ0v) is 9.97. The summed E-state index contributed by atoms with van der Waals surface area (Å²) < 4.78 is 13.7. The number of hydrogen-bond donors (Lipinski definition) is 1. The zero-order chi connectivity index (χ0) is 11.4. The van der Waals surface area contributed by atoms with Crippen LogP contribution in [0, 0.1) is 18.7 Å². The van der Waals surface area contributed by atoms with Crippen LogP contribution >= 0.6 is 0 Å². The normalized spacial score (nSPS) is 13.2. The Balaban J connectivity index is 2.91. The first kappa shape index (κ1) is 12.2. The van der Waals surface area contributed by atoms with E-state index >= 15 is 0 Å². The highest BCUT2D eigenvalue weighted by molar-refractivity contribution is 5.26. The van der Waals surface area contributed by atoms with Crippen molar-refractivity contribution in [2.75, 3.05) is 7.05 Å². The third kappa shape index (κ3) is 3.31. The molecule has 0 bridgehead atoms. The Morgan fingerprint density at radius 1 is 1.33 bits per heavy atom. The van der Waals surface area contributed by atoms with Crippen molar-refractivity contribution in [3.8, 4) is 0 Å². The van der Waals surface area contributed by atoms with Crippen LogP contribution in [0.15, 0.2) is 18.2 Å². The van der Waals surface area contributed by atoms with E-state index in [4.69, 9.17) is 0 Å². The van der Waals surface area contributed by atoms with Crippen LogP contribution in [0.3, 0.4) is 0 Å². The first-order chi connectivity index (χ1) is 7.04. The van der Waals surface area contributed by atoms with Crippen LogP contribution < -0.4 is 5.32 Å². The molecule has 84 valence electrons. The number of rotatable bonds is 4. The van der Waals surface area contributed by atoms with Gasteiger partial charge < -0.3 is 5.32 Å². The Bertz CT molecular complexity index is 320. The highest BCUT2D eigenvalue weighted by Crippen LogP contribution is 2.23. The van der Waals surface area contributed by atoms with Crippen molar-refractivity contribution in [3.05, 3.63) is 35.1 Å². The molecule has 1 atom stereocenters. The lowest BCUT2D eigenvalue weighted by Gasteiger charge is -2.19. The molecule has 1 rings (SSSR count). The summed E-state index contributed by atoms with van der Waals surface area (Å²) in [5, 5.41) is 3.17. The molecule has 0 amide bonds. The van der Waals surface area contributed by atoms with Gasteiger partial charge in [0.2, 0.25) is 0 Å². The summed E-state index contributed by atoms with van der Waals surface area (Å²) >= 11 is 0. The summed E-state index contributed by atoms with van der Waals surface area (Å²) in [6, 6.07) is 5.56. The summed E-state index contributed by atoms with van der Waals surface area (Å²) in [6.45, 7) is 6.20. The smallest absolute Gasteiger partial charge is 0.128 e. The molecule has 0 heterocycles. The lowest BCUT2D eigenvalue weighted by Crippen LogP contribution is -2.19. The van der Waals surface area contributed by atoms with E-state index in [-0.39, 0.29) is 11.9 Å². The molecular formula is C13H20FN. The number of benzene rings is 1. The van der Waals surface area contributed by atoms with Gasteiger partial charge in [-0.2, -0.15) is 0 Å². The van der Waals surface area contributed by atoms with Gasteiger partial charge >= 0.3 is 0 Å². The maximum Gasteiger partial charge on any atom is 0.128 e. The summed E-state index contributed by atoms with van der Waals surface area (Å²) in [4.78, 5) is 0. The van der Waals surface area contributed by atoms with Gasteiger partial charge in [0.25, 0.3) is 0 Å². The number of hydrogen-bond acceptors (Lipinski definition) is 1. The number of halogens is 1. The lowest BCUT2D eigenvalue weighted by molar-refractivity contribution is 0.440. The third-order valence-corrected chi connectivity index (χ3v) is 2.59. The van der Waals surface area contributed by atoms with Crippen molar-refractivity contribution in [1.29, 1.82) is 0 Å². The number of aryl methyl sites for hydroxylation is 1. The largest absolute Gasteiger partial charge is 0.313 e. The van der Waals surface area contributed by atoms with Crippen molar-refractivity contribution < 1.29 is 4.39 Å². The Hall–Kier alpha value is -0.890. The van der Waals surface area contributed by atoms with Gasteiger partial charge in [-0.25, -0.2) is 4.39 Å². The molecule has 2 heteroatoms. The van der Waals surface area contributed by atoms with Crippen molar-refractivity contribution in [2.45, 2.75) is 33.2 Å². The van der Waals surface area contributed by atoms with Gasteiger partial charge in [-0.15, -0.1) is 0 Å². The van der Waals surface area contributed by atoms with Crippen molar-refractivity contribution in [1.82, 2.24) is 5.32 Å². The van der Waals surface area contributed by atoms with Crippen LogP contribution in [0.25, 0.3) is 0 Å². The molecule has 0 fully saturated rings. The quantitative estimate of drug-likeness (QED) is 0.801. The van der Waals surface area contributed by atoms with Crippen molar-refractivity contribution in [3.63, 3.8) is 0 Å². The summed E-state index contributed by atoms with van der Waals surface area (Å²) in [6.07, 6.45) is 0.955. The molecule has 0 aliphatic heterocycles. The van der Waals surface area contributed by atoms with Crippen LogP contribution in [0.2, 0.25) is 0 Å². The highest BCUT2D eigenvalue weighted by atomic mass is 19.1. The fraction of sp³-hybridized carbons (Fsp3) is 0.538. The van der Waals surface area contributed by atoms with Crippen LogP contribution in [-0.2, 0) is 0 Å². The summed E-state index contributed by atoms with van der Waals surface area (Å²) in [5.74, 6) is 0.457. The van der Waals surface area contributed by atoms with Crippen molar-refractivity contribution >= 4 is 0 Å². The van der Waals surface area contributed by atoms with E-state index in [1.54, 1.807) is 6.07 Å². The minimum absolute atomic E-state index is 0.102. The monoisotopic (exact) mass is 209 g/mol. The molecule has 0 saturated heterocycles. The predicted molar refractivity (Wildman–Crippen MR) is 62.4 cm³/mol. The van der Waals surface area contributed by atoms with E-state index < -0.39 is 0 Å². The average molecular weight is 209 g/mol. The minimum atomic E-state index is -0.102. The minimum Gasteiger partial charge on any atom is -0.313 e. The van der Waals surface area contributed by atoms with Gasteiger partial charge in [-0.1, -0.05) is 26.0 Å². The molecule has 0 spiro atoms. The molecule has 1 N–H and O–H groups in total. The summed E-state index contributed by atoms with van der Waals surface area (Å²) in [5.41, 5.74) is 1.74. The molecule has 15 heavy (non-hydrogen) atoms. The van der Waals surface area contributed by atoms with Crippen LogP contribution in [0.4, 0.5) is 4.39 Å². The van der Waals surface area contributed by atoms with Crippen LogP contribution in [0.1, 0.15) is 37.4 Å². The molecule has 0 aromatic heterocycles. The molecule has 1 aromatic carbocycles. The van der Waals surface area contributed by atoms with Gasteiger partial charge in [-0.3, -0.25) is 0 Å². The zero-order valence-electron chi connectivity index (χ0n) is 9.97. The second kappa shape index (κ2) is 5.26. The van der Waals surface area contributed by atoms with Crippen molar-refractivity contribution in [2.24, 2.45) is 5.92 Å². The van der Waals surface area contributed by atoms with Gasteiger partial charge in [0.05, 0.1) is 0 Å². The molecule has 1 unspecified atom stereocenters. The SMILES string of the molecule is CNC(CC(C)C)c1ccc(C)cc1F. The lowest BCUT2D eigenvalue weighted by atomic mass is 9.96. The van der Waals surface area contributed by atoms with Crippen LogP contribution in [-0.4, -0.2) is 7.05 Å². The van der Waals surface area contributed by atoms with Crippen LogP contribution in [0.5, 0.6) is 0 Å². The van der Waals surface area contributed by atoms with E-state index in [2.05, 4.69) is 19.2 Å². The maximum atomic E-state index is 13.7. The first-order valence-electron chi connectivity index (χ1n) is 5.48. The van der Waals surface area contributed by atoms with E-state index in [9.17, 15) is 4.39 Å².